The monoisotopic (exact) mass is 254 g/mol. The van der Waals surface area contributed by atoms with Crippen LogP contribution in [0.5, 0.6) is 0 Å². The fourth-order valence-electron chi connectivity index (χ4n) is 1.34. The maximum absolute atomic E-state index is 12.1. The molecule has 0 aliphatic carbocycles. The molecule has 0 aliphatic rings. The maximum atomic E-state index is 12.1. The first-order valence-electron chi connectivity index (χ1n) is 5.52. The third kappa shape index (κ3) is 3.66. The van der Waals surface area contributed by atoms with Gasteiger partial charge in [-0.05, 0) is 45.6 Å². The highest BCUT2D eigenvalue weighted by molar-refractivity contribution is 7.08. The fraction of sp³-hybridized carbons (Fsp3) is 0.538. The minimum absolute atomic E-state index is 0.169. The first kappa shape index (κ1) is 13.9. The van der Waals surface area contributed by atoms with Crippen LogP contribution >= 0.6 is 11.3 Å². The van der Waals surface area contributed by atoms with E-state index in [1.165, 1.54) is 11.3 Å². The van der Waals surface area contributed by atoms with E-state index in [-0.39, 0.29) is 5.78 Å². The summed E-state index contributed by atoms with van der Waals surface area (Å²) in [7, 11) is 0. The highest BCUT2D eigenvalue weighted by atomic mass is 32.1. The van der Waals surface area contributed by atoms with E-state index in [0.717, 1.165) is 5.56 Å². The van der Waals surface area contributed by atoms with Crippen molar-refractivity contribution in [1.82, 2.24) is 0 Å². The Hall–Kier alpha value is -1.16. The van der Waals surface area contributed by atoms with Gasteiger partial charge in [-0.1, -0.05) is 0 Å². The first-order valence-corrected chi connectivity index (χ1v) is 6.46. The van der Waals surface area contributed by atoms with Gasteiger partial charge in [-0.15, -0.1) is 0 Å². The standard InChI is InChI=1S/C13H18O3S/c1-8-6-17-7-10(8)11(14)9(2)12(15)16-13(3,4)5/h6-7,9H,1-5H3. The molecule has 1 atom stereocenters. The summed E-state index contributed by atoms with van der Waals surface area (Å²) in [5.74, 6) is -1.38. The molecule has 94 valence electrons. The Morgan fingerprint density at radius 1 is 1.29 bits per heavy atom. The minimum atomic E-state index is -0.748. The molecule has 17 heavy (non-hydrogen) atoms. The van der Waals surface area contributed by atoms with E-state index in [4.69, 9.17) is 4.74 Å². The van der Waals surface area contributed by atoms with Crippen molar-refractivity contribution >= 4 is 23.1 Å². The van der Waals surface area contributed by atoms with E-state index in [1.807, 2.05) is 12.3 Å². The molecule has 0 fully saturated rings. The van der Waals surface area contributed by atoms with Crippen LogP contribution < -0.4 is 0 Å². The van der Waals surface area contributed by atoms with Crippen LogP contribution in [0.3, 0.4) is 0 Å². The van der Waals surface area contributed by atoms with Crippen molar-refractivity contribution in [3.8, 4) is 0 Å². The third-order valence-electron chi connectivity index (χ3n) is 2.27. The van der Waals surface area contributed by atoms with Crippen molar-refractivity contribution in [2.24, 2.45) is 5.92 Å². The molecule has 4 heteroatoms. The van der Waals surface area contributed by atoms with Crippen LogP contribution in [0.1, 0.15) is 43.6 Å². The number of hydrogen-bond donors (Lipinski definition) is 0. The Morgan fingerprint density at radius 2 is 1.88 bits per heavy atom. The second kappa shape index (κ2) is 5.00. The highest BCUT2D eigenvalue weighted by Crippen LogP contribution is 2.20. The second-order valence-electron chi connectivity index (χ2n) is 5.09. The third-order valence-corrected chi connectivity index (χ3v) is 3.14. The molecule has 0 bridgehead atoms. The summed E-state index contributed by atoms with van der Waals surface area (Å²) in [6.07, 6.45) is 0. The zero-order valence-corrected chi connectivity index (χ0v) is 11.7. The number of Topliss-reactive ketones (excluding diaryl/α,β-unsaturated/α-hetero) is 1. The molecule has 0 aromatic carbocycles. The molecule has 0 N–H and O–H groups in total. The summed E-state index contributed by atoms with van der Waals surface area (Å²) >= 11 is 1.46. The van der Waals surface area contributed by atoms with Crippen LogP contribution in [-0.4, -0.2) is 17.4 Å². The number of esters is 1. The molecular weight excluding hydrogens is 236 g/mol. The van der Waals surface area contributed by atoms with E-state index >= 15 is 0 Å². The average Bonchev–Trinajstić information content (AvgIpc) is 2.59. The first-order chi connectivity index (χ1) is 7.72. The van der Waals surface area contributed by atoms with Gasteiger partial charge in [-0.25, -0.2) is 0 Å². The van der Waals surface area contributed by atoms with Gasteiger partial charge in [0.05, 0.1) is 0 Å². The van der Waals surface area contributed by atoms with Crippen molar-refractivity contribution in [1.29, 1.82) is 0 Å². The lowest BCUT2D eigenvalue weighted by molar-refractivity contribution is -0.157. The van der Waals surface area contributed by atoms with E-state index < -0.39 is 17.5 Å². The molecule has 3 nitrogen and oxygen atoms in total. The summed E-state index contributed by atoms with van der Waals surface area (Å²) in [5, 5.41) is 3.67. The smallest absolute Gasteiger partial charge is 0.317 e. The second-order valence-corrected chi connectivity index (χ2v) is 5.83. The molecule has 1 aromatic rings. The molecule has 0 radical (unpaired) electrons. The summed E-state index contributed by atoms with van der Waals surface area (Å²) in [6.45, 7) is 8.83. The number of carbonyl (C=O) groups excluding carboxylic acids is 2. The lowest BCUT2D eigenvalue weighted by Crippen LogP contribution is -2.31. The van der Waals surface area contributed by atoms with Gasteiger partial charge >= 0.3 is 5.97 Å². The SMILES string of the molecule is Cc1cscc1C(=O)C(C)C(=O)OC(C)(C)C. The molecule has 0 saturated carbocycles. The Morgan fingerprint density at radius 3 is 2.29 bits per heavy atom. The van der Waals surface area contributed by atoms with Crippen LogP contribution in [0, 0.1) is 12.8 Å². The highest BCUT2D eigenvalue weighted by Gasteiger charge is 2.28. The molecule has 1 heterocycles. The van der Waals surface area contributed by atoms with Crippen molar-refractivity contribution in [2.45, 2.75) is 40.2 Å². The Balaban J connectivity index is 2.78. The average molecular weight is 254 g/mol. The van der Waals surface area contributed by atoms with Gasteiger partial charge < -0.3 is 4.74 Å². The zero-order chi connectivity index (χ0) is 13.2. The number of aryl methyl sites for hydroxylation is 1. The van der Waals surface area contributed by atoms with E-state index in [9.17, 15) is 9.59 Å². The number of ether oxygens (including phenoxy) is 1. The summed E-state index contributed by atoms with van der Waals surface area (Å²) < 4.78 is 5.20. The van der Waals surface area contributed by atoms with Crippen molar-refractivity contribution in [2.75, 3.05) is 0 Å². The zero-order valence-electron chi connectivity index (χ0n) is 10.9. The maximum Gasteiger partial charge on any atom is 0.317 e. The Labute approximate surface area is 106 Å². The minimum Gasteiger partial charge on any atom is -0.459 e. The summed E-state index contributed by atoms with van der Waals surface area (Å²) in [4.78, 5) is 23.8. The van der Waals surface area contributed by atoms with Crippen molar-refractivity contribution in [3.63, 3.8) is 0 Å². The molecule has 0 aliphatic heterocycles. The van der Waals surface area contributed by atoms with Crippen LogP contribution in [0.4, 0.5) is 0 Å². The summed E-state index contributed by atoms with van der Waals surface area (Å²) in [6, 6.07) is 0. The van der Waals surface area contributed by atoms with Crippen LogP contribution in [0.25, 0.3) is 0 Å². The van der Waals surface area contributed by atoms with Gasteiger partial charge in [-0.3, -0.25) is 9.59 Å². The lowest BCUT2D eigenvalue weighted by Gasteiger charge is -2.21. The van der Waals surface area contributed by atoms with Gasteiger partial charge in [0.1, 0.15) is 11.5 Å². The lowest BCUT2D eigenvalue weighted by atomic mass is 9.99. The molecule has 0 spiro atoms. The number of rotatable bonds is 3. The normalized spacial score (nSPS) is 13.2. The summed E-state index contributed by atoms with van der Waals surface area (Å²) in [5.41, 5.74) is 0.971. The Bertz CT molecular complexity index is 426. The Kier molecular flexibility index (Phi) is 4.09. The molecule has 1 aromatic heterocycles. The van der Waals surface area contributed by atoms with Crippen molar-refractivity contribution < 1.29 is 14.3 Å². The van der Waals surface area contributed by atoms with Crippen LogP contribution in [-0.2, 0) is 9.53 Å². The molecular formula is C13H18O3S. The molecule has 1 unspecified atom stereocenters. The van der Waals surface area contributed by atoms with Gasteiger partial charge in [0.15, 0.2) is 5.78 Å². The molecule has 0 saturated heterocycles. The van der Waals surface area contributed by atoms with Gasteiger partial charge in [0.25, 0.3) is 0 Å². The van der Waals surface area contributed by atoms with Crippen molar-refractivity contribution in [3.05, 3.63) is 21.9 Å². The molecule has 1 rings (SSSR count). The van der Waals surface area contributed by atoms with E-state index in [2.05, 4.69) is 0 Å². The van der Waals surface area contributed by atoms with Gasteiger partial charge in [0, 0.05) is 10.9 Å². The number of ketones is 1. The van der Waals surface area contributed by atoms with Crippen LogP contribution in [0.2, 0.25) is 0 Å². The number of hydrogen-bond acceptors (Lipinski definition) is 4. The predicted molar refractivity (Wildman–Crippen MR) is 68.4 cm³/mol. The predicted octanol–water partition coefficient (Wildman–Crippen LogP) is 3.22. The number of thiophene rings is 1. The molecule has 0 amide bonds. The van der Waals surface area contributed by atoms with E-state index in [1.54, 1.807) is 33.1 Å². The van der Waals surface area contributed by atoms with Gasteiger partial charge in [0.2, 0.25) is 0 Å². The largest absolute Gasteiger partial charge is 0.459 e. The topological polar surface area (TPSA) is 43.4 Å². The quantitative estimate of drug-likeness (QED) is 0.472. The van der Waals surface area contributed by atoms with Crippen LogP contribution in [0.15, 0.2) is 10.8 Å². The van der Waals surface area contributed by atoms with Gasteiger partial charge in [-0.2, -0.15) is 11.3 Å². The fourth-order valence-corrected chi connectivity index (χ4v) is 2.18. The van der Waals surface area contributed by atoms with E-state index in [0.29, 0.717) is 5.56 Å². The number of carbonyl (C=O) groups is 2.